The minimum absolute atomic E-state index is 0.112. The van der Waals surface area contributed by atoms with Crippen molar-refractivity contribution in [3.63, 3.8) is 0 Å². The van der Waals surface area contributed by atoms with Gasteiger partial charge in [0.15, 0.2) is 0 Å². The van der Waals surface area contributed by atoms with E-state index in [1.165, 1.54) is 11.1 Å². The standard InChI is InChI=1S/C17H22N6O/c1-11-6-7-13(9-12(11)2)20-16-15(21-23-22-16)17(24)19-10-14-5-3-4-8-18-14/h3-9,15-16,20-23H,10H2,1-2H3,(H,19,24). The first-order valence-electron chi connectivity index (χ1n) is 7.91. The molecule has 1 amide bonds. The predicted molar refractivity (Wildman–Crippen MR) is 92.6 cm³/mol. The van der Waals surface area contributed by atoms with Crippen LogP contribution in [0.3, 0.4) is 0 Å². The smallest absolute Gasteiger partial charge is 0.242 e. The molecule has 3 rings (SSSR count). The van der Waals surface area contributed by atoms with Crippen molar-refractivity contribution in [1.29, 1.82) is 0 Å². The van der Waals surface area contributed by atoms with E-state index < -0.39 is 6.04 Å². The van der Waals surface area contributed by atoms with Gasteiger partial charge in [-0.15, -0.1) is 0 Å². The van der Waals surface area contributed by atoms with Crippen LogP contribution in [0.15, 0.2) is 42.6 Å². The summed E-state index contributed by atoms with van der Waals surface area (Å²) in [6.45, 7) is 4.54. The highest BCUT2D eigenvalue weighted by Crippen LogP contribution is 2.15. The normalized spacial score (nSPS) is 19.9. The van der Waals surface area contributed by atoms with Crippen molar-refractivity contribution in [2.75, 3.05) is 5.32 Å². The fourth-order valence-corrected chi connectivity index (χ4v) is 2.50. The maximum atomic E-state index is 12.4. The highest BCUT2D eigenvalue weighted by molar-refractivity contribution is 5.83. The number of hydrogen-bond donors (Lipinski definition) is 5. The van der Waals surface area contributed by atoms with Crippen LogP contribution in [-0.4, -0.2) is 23.1 Å². The molecule has 0 spiro atoms. The van der Waals surface area contributed by atoms with Crippen LogP contribution < -0.4 is 27.0 Å². The molecule has 1 aromatic heterocycles. The summed E-state index contributed by atoms with van der Waals surface area (Å²) in [5, 5.41) is 6.22. The van der Waals surface area contributed by atoms with E-state index in [0.29, 0.717) is 6.54 Å². The number of carbonyl (C=O) groups excluding carboxylic acids is 1. The van der Waals surface area contributed by atoms with Crippen LogP contribution in [0.1, 0.15) is 16.8 Å². The van der Waals surface area contributed by atoms with Crippen molar-refractivity contribution in [1.82, 2.24) is 26.7 Å². The van der Waals surface area contributed by atoms with Crippen molar-refractivity contribution in [3.8, 4) is 0 Å². The summed E-state index contributed by atoms with van der Waals surface area (Å²) in [7, 11) is 0. The lowest BCUT2D eigenvalue weighted by Crippen LogP contribution is -2.50. The quantitative estimate of drug-likeness (QED) is 0.557. The molecule has 2 atom stereocenters. The van der Waals surface area contributed by atoms with Gasteiger partial charge in [0.1, 0.15) is 12.2 Å². The number of rotatable bonds is 5. The van der Waals surface area contributed by atoms with E-state index in [0.717, 1.165) is 11.4 Å². The third kappa shape index (κ3) is 3.88. The van der Waals surface area contributed by atoms with Gasteiger partial charge in [-0.3, -0.25) is 9.78 Å². The van der Waals surface area contributed by atoms with Crippen molar-refractivity contribution in [2.24, 2.45) is 0 Å². The van der Waals surface area contributed by atoms with Crippen molar-refractivity contribution in [3.05, 3.63) is 59.4 Å². The van der Waals surface area contributed by atoms with Gasteiger partial charge < -0.3 is 10.6 Å². The zero-order valence-electron chi connectivity index (χ0n) is 13.8. The van der Waals surface area contributed by atoms with Crippen LogP contribution in [0.4, 0.5) is 5.69 Å². The van der Waals surface area contributed by atoms with Gasteiger partial charge in [0.2, 0.25) is 5.91 Å². The number of anilines is 1. The number of hydrazine groups is 2. The van der Waals surface area contributed by atoms with Crippen LogP contribution >= 0.6 is 0 Å². The zero-order chi connectivity index (χ0) is 16.9. The van der Waals surface area contributed by atoms with Gasteiger partial charge in [0, 0.05) is 11.9 Å². The van der Waals surface area contributed by atoms with Crippen LogP contribution in [0.25, 0.3) is 0 Å². The molecule has 1 fully saturated rings. The second kappa shape index (κ2) is 7.39. The third-order valence-electron chi connectivity index (χ3n) is 4.07. The first-order valence-corrected chi connectivity index (χ1v) is 7.91. The first-order chi connectivity index (χ1) is 11.6. The Bertz CT molecular complexity index is 705. The van der Waals surface area contributed by atoms with E-state index in [1.54, 1.807) is 6.20 Å². The van der Waals surface area contributed by atoms with E-state index in [-0.39, 0.29) is 12.1 Å². The number of aromatic nitrogens is 1. The lowest BCUT2D eigenvalue weighted by Gasteiger charge is -2.20. The summed E-state index contributed by atoms with van der Waals surface area (Å²) < 4.78 is 0. The molecule has 2 unspecified atom stereocenters. The minimum Gasteiger partial charge on any atom is -0.367 e. The highest BCUT2D eigenvalue weighted by atomic mass is 16.2. The number of amides is 1. The molecule has 1 aliphatic heterocycles. The number of nitrogens with zero attached hydrogens (tertiary/aromatic N) is 1. The largest absolute Gasteiger partial charge is 0.367 e. The number of hydrogen-bond acceptors (Lipinski definition) is 6. The lowest BCUT2D eigenvalue weighted by molar-refractivity contribution is -0.123. The number of nitrogens with one attached hydrogen (secondary N) is 5. The summed E-state index contributed by atoms with van der Waals surface area (Å²) in [6.07, 6.45) is 1.44. The summed E-state index contributed by atoms with van der Waals surface area (Å²) in [4.78, 5) is 16.6. The Morgan fingerprint density at radius 2 is 2.04 bits per heavy atom. The summed E-state index contributed by atoms with van der Waals surface area (Å²) in [5.41, 5.74) is 13.0. The summed E-state index contributed by atoms with van der Waals surface area (Å²) in [5.74, 6) is -0.112. The Morgan fingerprint density at radius 1 is 1.17 bits per heavy atom. The van der Waals surface area contributed by atoms with Crippen LogP contribution in [0, 0.1) is 13.8 Å². The maximum absolute atomic E-state index is 12.4. The second-order valence-corrected chi connectivity index (χ2v) is 5.85. The topological polar surface area (TPSA) is 90.1 Å². The fraction of sp³-hybridized carbons (Fsp3) is 0.294. The highest BCUT2D eigenvalue weighted by Gasteiger charge is 2.32. The molecule has 1 aromatic carbocycles. The van der Waals surface area contributed by atoms with E-state index >= 15 is 0 Å². The second-order valence-electron chi connectivity index (χ2n) is 5.85. The van der Waals surface area contributed by atoms with Gasteiger partial charge in [-0.25, -0.2) is 10.9 Å². The molecule has 5 N–H and O–H groups in total. The monoisotopic (exact) mass is 326 g/mol. The van der Waals surface area contributed by atoms with E-state index in [4.69, 9.17) is 0 Å². The van der Waals surface area contributed by atoms with Crippen molar-refractivity contribution >= 4 is 11.6 Å². The van der Waals surface area contributed by atoms with E-state index in [2.05, 4.69) is 58.0 Å². The molecule has 1 aliphatic rings. The van der Waals surface area contributed by atoms with Gasteiger partial charge in [-0.1, -0.05) is 12.1 Å². The predicted octanol–water partition coefficient (Wildman–Crippen LogP) is 0.734. The fourth-order valence-electron chi connectivity index (χ4n) is 2.50. The maximum Gasteiger partial charge on any atom is 0.242 e. The third-order valence-corrected chi connectivity index (χ3v) is 4.07. The molecule has 7 heteroatoms. The molecule has 2 heterocycles. The van der Waals surface area contributed by atoms with Crippen molar-refractivity contribution in [2.45, 2.75) is 32.6 Å². The SMILES string of the molecule is Cc1ccc(NC2NNNC2C(=O)NCc2ccccn2)cc1C. The number of benzene rings is 1. The van der Waals surface area contributed by atoms with Crippen molar-refractivity contribution < 1.29 is 4.79 Å². The summed E-state index contributed by atoms with van der Waals surface area (Å²) >= 11 is 0. The van der Waals surface area contributed by atoms with Gasteiger partial charge in [0.05, 0.1) is 12.2 Å². The Hall–Kier alpha value is -2.48. The molecule has 2 aromatic rings. The van der Waals surface area contributed by atoms with E-state index in [9.17, 15) is 4.79 Å². The Balaban J connectivity index is 1.60. The number of aryl methyl sites for hydroxylation is 2. The average Bonchev–Trinajstić information content (AvgIpc) is 3.05. The Labute approximate surface area is 141 Å². The molecular formula is C17H22N6O. The lowest BCUT2D eigenvalue weighted by atomic mass is 10.1. The zero-order valence-corrected chi connectivity index (χ0v) is 13.8. The summed E-state index contributed by atoms with van der Waals surface area (Å²) in [6, 6.07) is 11.3. The Morgan fingerprint density at radius 3 is 2.79 bits per heavy atom. The molecular weight excluding hydrogens is 304 g/mol. The molecule has 7 nitrogen and oxygen atoms in total. The van der Waals surface area contributed by atoms with Crippen LogP contribution in [0.5, 0.6) is 0 Å². The average molecular weight is 326 g/mol. The molecule has 1 saturated heterocycles. The molecule has 0 radical (unpaired) electrons. The molecule has 126 valence electrons. The van der Waals surface area contributed by atoms with Gasteiger partial charge >= 0.3 is 0 Å². The number of pyridine rings is 1. The molecule has 24 heavy (non-hydrogen) atoms. The van der Waals surface area contributed by atoms with Gasteiger partial charge in [-0.2, -0.15) is 5.53 Å². The molecule has 0 saturated carbocycles. The van der Waals surface area contributed by atoms with Gasteiger partial charge in [-0.05, 0) is 49.2 Å². The van der Waals surface area contributed by atoms with Crippen LogP contribution in [-0.2, 0) is 11.3 Å². The van der Waals surface area contributed by atoms with Gasteiger partial charge in [0.25, 0.3) is 0 Å². The first kappa shape index (κ1) is 16.4. The minimum atomic E-state index is -0.449. The molecule has 0 bridgehead atoms. The molecule has 0 aliphatic carbocycles. The van der Waals surface area contributed by atoms with Crippen LogP contribution in [0.2, 0.25) is 0 Å². The Kier molecular flexibility index (Phi) is 5.05. The van der Waals surface area contributed by atoms with E-state index in [1.807, 2.05) is 24.3 Å². The number of carbonyl (C=O) groups is 1.